The molecule has 1 heteroatoms. The monoisotopic (exact) mass is 623 g/mol. The van der Waals surface area contributed by atoms with Gasteiger partial charge in [0.1, 0.15) is 0 Å². The fourth-order valence-corrected chi connectivity index (χ4v) is 7.31. The van der Waals surface area contributed by atoms with E-state index in [1.807, 2.05) is 0 Å². The lowest BCUT2D eigenvalue weighted by atomic mass is 9.88. The summed E-state index contributed by atoms with van der Waals surface area (Å²) in [5.41, 5.74) is 10.6. The Morgan fingerprint density at radius 1 is 0.245 bits per heavy atom. The molecule has 0 heterocycles. The SMILES string of the molecule is c1ccc(-c2ccc(N(c3ccc(-c4ccccc4)cc3)c3cc(-c4ccccc4)c4c5ccccc5c5ccccc5c4c3)cc2)cc1. The van der Waals surface area contributed by atoms with Gasteiger partial charge in [0, 0.05) is 17.1 Å². The second-order valence-corrected chi connectivity index (χ2v) is 12.5. The second kappa shape index (κ2) is 12.3. The molecule has 0 spiro atoms. The normalized spacial score (nSPS) is 11.3. The van der Waals surface area contributed by atoms with E-state index in [0.717, 1.165) is 17.1 Å². The van der Waals surface area contributed by atoms with Gasteiger partial charge in [0.05, 0.1) is 0 Å². The Labute approximate surface area is 287 Å². The highest BCUT2D eigenvalue weighted by atomic mass is 15.1. The number of rotatable bonds is 6. The molecule has 9 aromatic carbocycles. The Kier molecular flexibility index (Phi) is 7.22. The van der Waals surface area contributed by atoms with Crippen LogP contribution in [0, 0.1) is 0 Å². The smallest absolute Gasteiger partial charge is 0.0474 e. The lowest BCUT2D eigenvalue weighted by Gasteiger charge is -2.28. The summed E-state index contributed by atoms with van der Waals surface area (Å²) in [6.45, 7) is 0. The van der Waals surface area contributed by atoms with Crippen molar-refractivity contribution >= 4 is 49.4 Å². The predicted octanol–water partition coefficient (Wildman–Crippen LogP) is 13.6. The van der Waals surface area contributed by atoms with Crippen molar-refractivity contribution in [1.82, 2.24) is 0 Å². The maximum absolute atomic E-state index is 2.40. The van der Waals surface area contributed by atoms with Crippen LogP contribution in [0.15, 0.2) is 200 Å². The Balaban J connectivity index is 1.32. The molecule has 0 fully saturated rings. The van der Waals surface area contributed by atoms with Crippen molar-refractivity contribution in [3.05, 3.63) is 200 Å². The molecule has 230 valence electrons. The molecule has 0 saturated carbocycles. The van der Waals surface area contributed by atoms with Crippen molar-refractivity contribution in [2.24, 2.45) is 0 Å². The average Bonchev–Trinajstić information content (AvgIpc) is 3.19. The summed E-state index contributed by atoms with van der Waals surface area (Å²) in [4.78, 5) is 2.40. The van der Waals surface area contributed by atoms with E-state index in [1.165, 1.54) is 65.7 Å². The van der Waals surface area contributed by atoms with Gasteiger partial charge in [-0.1, -0.05) is 164 Å². The molecule has 0 saturated heterocycles. The first-order valence-electron chi connectivity index (χ1n) is 16.9. The minimum atomic E-state index is 1.11. The molecule has 0 N–H and O–H groups in total. The molecule has 9 rings (SSSR count). The van der Waals surface area contributed by atoms with E-state index < -0.39 is 0 Å². The maximum atomic E-state index is 2.40. The van der Waals surface area contributed by atoms with Crippen LogP contribution in [-0.4, -0.2) is 0 Å². The number of hydrogen-bond donors (Lipinski definition) is 0. The molecule has 49 heavy (non-hydrogen) atoms. The summed E-state index contributed by atoms with van der Waals surface area (Å²) in [5.74, 6) is 0. The fourth-order valence-electron chi connectivity index (χ4n) is 7.31. The number of hydrogen-bond acceptors (Lipinski definition) is 1. The minimum Gasteiger partial charge on any atom is -0.310 e. The highest BCUT2D eigenvalue weighted by molar-refractivity contribution is 6.29. The van der Waals surface area contributed by atoms with E-state index in [9.17, 15) is 0 Å². The standard InChI is InChI=1S/C48H33N/c1-4-14-34(15-5-1)36-24-28-39(29-25-36)49(40-30-26-37(27-31-40)35-16-6-2-7-17-35)41-32-46(38-18-8-3-9-19-38)48-45-23-13-12-21-43(45)42-20-10-11-22-44(42)47(48)33-41/h1-33H. The highest BCUT2D eigenvalue weighted by Crippen LogP contribution is 2.45. The summed E-state index contributed by atoms with van der Waals surface area (Å²) in [5, 5.41) is 7.61. The van der Waals surface area contributed by atoms with Gasteiger partial charge in [-0.15, -0.1) is 0 Å². The first-order chi connectivity index (χ1) is 24.3. The van der Waals surface area contributed by atoms with Crippen LogP contribution in [0.25, 0.3) is 65.7 Å². The van der Waals surface area contributed by atoms with Crippen LogP contribution in [0.4, 0.5) is 17.1 Å². The molecule has 1 nitrogen and oxygen atoms in total. The molecule has 0 bridgehead atoms. The van der Waals surface area contributed by atoms with Gasteiger partial charge in [0.25, 0.3) is 0 Å². The zero-order valence-electron chi connectivity index (χ0n) is 27.0. The molecule has 9 aromatic rings. The van der Waals surface area contributed by atoms with Crippen LogP contribution in [0.3, 0.4) is 0 Å². The van der Waals surface area contributed by atoms with Gasteiger partial charge < -0.3 is 4.90 Å². The van der Waals surface area contributed by atoms with Gasteiger partial charge in [-0.05, 0) is 102 Å². The van der Waals surface area contributed by atoms with Gasteiger partial charge in [-0.2, -0.15) is 0 Å². The van der Waals surface area contributed by atoms with Gasteiger partial charge in [-0.3, -0.25) is 0 Å². The van der Waals surface area contributed by atoms with E-state index >= 15 is 0 Å². The average molecular weight is 624 g/mol. The number of benzene rings is 9. The lowest BCUT2D eigenvalue weighted by molar-refractivity contribution is 1.29. The predicted molar refractivity (Wildman–Crippen MR) is 210 cm³/mol. The van der Waals surface area contributed by atoms with Crippen LogP contribution < -0.4 is 4.90 Å². The van der Waals surface area contributed by atoms with Crippen molar-refractivity contribution in [2.45, 2.75) is 0 Å². The van der Waals surface area contributed by atoms with Crippen molar-refractivity contribution in [2.75, 3.05) is 4.90 Å². The third kappa shape index (κ3) is 5.23. The first kappa shape index (κ1) is 28.8. The van der Waals surface area contributed by atoms with Crippen molar-refractivity contribution < 1.29 is 0 Å². The third-order valence-corrected chi connectivity index (χ3v) is 9.64. The summed E-state index contributed by atoms with van der Waals surface area (Å²) >= 11 is 0. The summed E-state index contributed by atoms with van der Waals surface area (Å²) in [7, 11) is 0. The Morgan fingerprint density at radius 2 is 0.612 bits per heavy atom. The fraction of sp³-hybridized carbons (Fsp3) is 0. The van der Waals surface area contributed by atoms with Gasteiger partial charge in [0.15, 0.2) is 0 Å². The number of nitrogens with zero attached hydrogens (tertiary/aromatic N) is 1. The van der Waals surface area contributed by atoms with Crippen LogP contribution in [-0.2, 0) is 0 Å². The molecular weight excluding hydrogens is 591 g/mol. The van der Waals surface area contributed by atoms with Crippen molar-refractivity contribution in [3.63, 3.8) is 0 Å². The summed E-state index contributed by atoms with van der Waals surface area (Å²) in [6, 6.07) is 72.4. The van der Waals surface area contributed by atoms with E-state index in [-0.39, 0.29) is 0 Å². The summed E-state index contributed by atoms with van der Waals surface area (Å²) in [6.07, 6.45) is 0. The largest absolute Gasteiger partial charge is 0.310 e. The Morgan fingerprint density at radius 3 is 1.10 bits per heavy atom. The van der Waals surface area contributed by atoms with E-state index in [2.05, 4.69) is 205 Å². The quantitative estimate of drug-likeness (QED) is 0.167. The first-order valence-corrected chi connectivity index (χ1v) is 16.9. The zero-order valence-corrected chi connectivity index (χ0v) is 27.0. The Bertz CT molecular complexity index is 2470. The lowest BCUT2D eigenvalue weighted by Crippen LogP contribution is -2.10. The summed E-state index contributed by atoms with van der Waals surface area (Å²) < 4.78 is 0. The molecule has 0 radical (unpaired) electrons. The molecular formula is C48H33N. The van der Waals surface area contributed by atoms with E-state index in [4.69, 9.17) is 0 Å². The van der Waals surface area contributed by atoms with Crippen molar-refractivity contribution in [1.29, 1.82) is 0 Å². The van der Waals surface area contributed by atoms with Crippen molar-refractivity contribution in [3.8, 4) is 33.4 Å². The van der Waals surface area contributed by atoms with Crippen LogP contribution >= 0.6 is 0 Å². The van der Waals surface area contributed by atoms with E-state index in [0.29, 0.717) is 0 Å². The molecule has 0 unspecified atom stereocenters. The molecule has 0 aliphatic rings. The second-order valence-electron chi connectivity index (χ2n) is 12.5. The Hall–Kier alpha value is -6.44. The molecule has 0 aliphatic heterocycles. The molecule has 0 aromatic heterocycles. The van der Waals surface area contributed by atoms with Crippen LogP contribution in [0.2, 0.25) is 0 Å². The maximum Gasteiger partial charge on any atom is 0.0474 e. The molecule has 0 amide bonds. The van der Waals surface area contributed by atoms with Gasteiger partial charge in [-0.25, -0.2) is 0 Å². The van der Waals surface area contributed by atoms with Gasteiger partial charge in [0.2, 0.25) is 0 Å². The minimum absolute atomic E-state index is 1.11. The molecule has 0 aliphatic carbocycles. The van der Waals surface area contributed by atoms with Crippen LogP contribution in [0.5, 0.6) is 0 Å². The van der Waals surface area contributed by atoms with Gasteiger partial charge >= 0.3 is 0 Å². The third-order valence-electron chi connectivity index (χ3n) is 9.64. The number of anilines is 3. The van der Waals surface area contributed by atoms with E-state index in [1.54, 1.807) is 0 Å². The highest BCUT2D eigenvalue weighted by Gasteiger charge is 2.19. The molecule has 0 atom stereocenters. The number of fused-ring (bicyclic) bond motifs is 6. The topological polar surface area (TPSA) is 3.24 Å². The zero-order chi connectivity index (χ0) is 32.6. The van der Waals surface area contributed by atoms with Crippen LogP contribution in [0.1, 0.15) is 0 Å².